The summed E-state index contributed by atoms with van der Waals surface area (Å²) in [6.45, 7) is 6.64. The van der Waals surface area contributed by atoms with Gasteiger partial charge in [0.25, 0.3) is 0 Å². The zero-order valence-electron chi connectivity index (χ0n) is 17.3. The molecular weight excluding hydrogens is 358 g/mol. The summed E-state index contributed by atoms with van der Waals surface area (Å²) in [7, 11) is 1.65. The molecule has 0 spiro atoms. The van der Waals surface area contributed by atoms with Crippen molar-refractivity contribution in [1.82, 2.24) is 4.57 Å². The molecule has 0 aliphatic carbocycles. The number of hydrogen-bond donors (Lipinski definition) is 0. The van der Waals surface area contributed by atoms with Gasteiger partial charge in [0.2, 0.25) is 0 Å². The van der Waals surface area contributed by atoms with E-state index in [1.807, 2.05) is 48.5 Å². The van der Waals surface area contributed by atoms with Crippen LogP contribution in [0.1, 0.15) is 26.3 Å². The first kappa shape index (κ1) is 19.0. The number of aromatic nitrogens is 1. The van der Waals surface area contributed by atoms with E-state index in [1.54, 1.807) is 13.2 Å². The van der Waals surface area contributed by atoms with E-state index in [2.05, 4.69) is 49.6 Å². The average Bonchev–Trinajstić information content (AvgIpc) is 2.73. The van der Waals surface area contributed by atoms with Crippen LogP contribution in [0.25, 0.3) is 27.8 Å². The molecule has 0 atom stereocenters. The van der Waals surface area contributed by atoms with Crippen LogP contribution in [0.2, 0.25) is 0 Å². The van der Waals surface area contributed by atoms with Crippen LogP contribution in [0.4, 0.5) is 0 Å². The average molecular weight is 383 g/mol. The molecule has 0 saturated heterocycles. The Hall–Kier alpha value is -3.33. The SMILES string of the molecule is COc1ccc(-c2cc(=O)c3ccccc3n2-c2ccccc2C(C)(C)C)cc1. The maximum Gasteiger partial charge on any atom is 0.190 e. The quantitative estimate of drug-likeness (QED) is 0.437. The Labute approximate surface area is 171 Å². The number of benzene rings is 3. The number of hydrogen-bond acceptors (Lipinski definition) is 2. The molecule has 3 aromatic carbocycles. The highest BCUT2D eigenvalue weighted by atomic mass is 16.5. The van der Waals surface area contributed by atoms with E-state index in [-0.39, 0.29) is 10.8 Å². The zero-order valence-corrected chi connectivity index (χ0v) is 17.3. The molecule has 0 aliphatic rings. The van der Waals surface area contributed by atoms with E-state index >= 15 is 0 Å². The van der Waals surface area contributed by atoms with E-state index in [0.717, 1.165) is 28.2 Å². The van der Waals surface area contributed by atoms with Crippen LogP contribution in [0.3, 0.4) is 0 Å². The highest BCUT2D eigenvalue weighted by Gasteiger charge is 2.21. The lowest BCUT2D eigenvalue weighted by molar-refractivity contribution is 0.415. The van der Waals surface area contributed by atoms with Crippen molar-refractivity contribution in [2.45, 2.75) is 26.2 Å². The maximum absolute atomic E-state index is 12.9. The lowest BCUT2D eigenvalue weighted by Gasteiger charge is -2.26. The molecule has 3 nitrogen and oxygen atoms in total. The van der Waals surface area contributed by atoms with Crippen LogP contribution < -0.4 is 10.2 Å². The van der Waals surface area contributed by atoms with Crippen LogP contribution in [-0.2, 0) is 5.41 Å². The van der Waals surface area contributed by atoms with Crippen LogP contribution in [0, 0.1) is 0 Å². The maximum atomic E-state index is 12.9. The third-order valence-corrected chi connectivity index (χ3v) is 5.26. The second kappa shape index (κ2) is 7.25. The monoisotopic (exact) mass is 383 g/mol. The van der Waals surface area contributed by atoms with Crippen molar-refractivity contribution < 1.29 is 4.74 Å². The molecule has 0 radical (unpaired) electrons. The molecule has 0 bridgehead atoms. The first-order chi connectivity index (χ1) is 13.9. The molecule has 1 heterocycles. The second-order valence-corrected chi connectivity index (χ2v) is 8.24. The van der Waals surface area contributed by atoms with Crippen molar-refractivity contribution in [2.24, 2.45) is 0 Å². The third-order valence-electron chi connectivity index (χ3n) is 5.26. The number of pyridine rings is 1. The van der Waals surface area contributed by atoms with Gasteiger partial charge in [0.05, 0.1) is 18.3 Å². The van der Waals surface area contributed by atoms with E-state index in [4.69, 9.17) is 4.74 Å². The number of ether oxygens (including phenoxy) is 1. The molecule has 0 unspecified atom stereocenters. The summed E-state index contributed by atoms with van der Waals surface area (Å²) in [5.74, 6) is 0.790. The Balaban J connectivity index is 2.12. The molecule has 29 heavy (non-hydrogen) atoms. The van der Waals surface area contributed by atoms with Crippen molar-refractivity contribution >= 4 is 10.9 Å². The Kier molecular flexibility index (Phi) is 4.75. The van der Waals surface area contributed by atoms with Gasteiger partial charge in [-0.2, -0.15) is 0 Å². The van der Waals surface area contributed by atoms with Gasteiger partial charge < -0.3 is 9.30 Å². The molecule has 0 fully saturated rings. The normalized spacial score (nSPS) is 11.6. The van der Waals surface area contributed by atoms with E-state index in [1.165, 1.54) is 5.56 Å². The summed E-state index contributed by atoms with van der Waals surface area (Å²) < 4.78 is 7.52. The number of para-hydroxylation sites is 2. The largest absolute Gasteiger partial charge is 0.497 e. The summed E-state index contributed by atoms with van der Waals surface area (Å²) in [6, 6.07) is 25.8. The van der Waals surface area contributed by atoms with E-state index in [9.17, 15) is 4.79 Å². The van der Waals surface area contributed by atoms with Crippen molar-refractivity contribution in [2.75, 3.05) is 7.11 Å². The fourth-order valence-electron chi connectivity index (χ4n) is 3.81. The molecule has 0 N–H and O–H groups in total. The fraction of sp³-hybridized carbons (Fsp3) is 0.192. The molecule has 0 amide bonds. The van der Waals surface area contributed by atoms with Gasteiger partial charge in [-0.1, -0.05) is 51.1 Å². The minimum atomic E-state index is -0.0436. The van der Waals surface area contributed by atoms with Gasteiger partial charge in [-0.05, 0) is 59.0 Å². The van der Waals surface area contributed by atoms with Crippen LogP contribution in [0.15, 0.2) is 83.7 Å². The number of fused-ring (bicyclic) bond motifs is 1. The predicted octanol–water partition coefficient (Wildman–Crippen LogP) is 5.96. The molecule has 4 rings (SSSR count). The van der Waals surface area contributed by atoms with Crippen molar-refractivity contribution in [1.29, 1.82) is 0 Å². The van der Waals surface area contributed by atoms with E-state index < -0.39 is 0 Å². The Morgan fingerprint density at radius 2 is 1.48 bits per heavy atom. The zero-order chi connectivity index (χ0) is 20.6. The molecule has 0 saturated carbocycles. The second-order valence-electron chi connectivity index (χ2n) is 8.24. The highest BCUT2D eigenvalue weighted by molar-refractivity contribution is 5.85. The van der Waals surface area contributed by atoms with Gasteiger partial charge in [-0.3, -0.25) is 4.79 Å². The smallest absolute Gasteiger partial charge is 0.190 e. The van der Waals surface area contributed by atoms with Crippen LogP contribution >= 0.6 is 0 Å². The topological polar surface area (TPSA) is 31.2 Å². The molecular formula is C26H25NO2. The predicted molar refractivity (Wildman–Crippen MR) is 120 cm³/mol. The van der Waals surface area contributed by atoms with Crippen molar-refractivity contribution in [3.63, 3.8) is 0 Å². The van der Waals surface area contributed by atoms with E-state index in [0.29, 0.717) is 5.39 Å². The van der Waals surface area contributed by atoms with Crippen LogP contribution in [0.5, 0.6) is 5.75 Å². The lowest BCUT2D eigenvalue weighted by Crippen LogP contribution is -2.18. The minimum absolute atomic E-state index is 0.0240. The first-order valence-electron chi connectivity index (χ1n) is 9.79. The standard InChI is InChI=1S/C26H25NO2/c1-26(2,3)21-10-6-8-12-23(21)27-22-11-7-5-9-20(22)25(28)17-24(27)18-13-15-19(29-4)16-14-18/h5-17H,1-4H3. The molecule has 4 aromatic rings. The first-order valence-corrected chi connectivity index (χ1v) is 9.79. The Bertz CT molecular complexity index is 1230. The fourth-order valence-corrected chi connectivity index (χ4v) is 3.81. The van der Waals surface area contributed by atoms with Gasteiger partial charge in [0.15, 0.2) is 5.43 Å². The van der Waals surface area contributed by atoms with Gasteiger partial charge in [0, 0.05) is 17.1 Å². The summed E-state index contributed by atoms with van der Waals surface area (Å²) in [6.07, 6.45) is 0. The molecule has 0 aliphatic heterocycles. The summed E-state index contributed by atoms with van der Waals surface area (Å²) in [5.41, 5.74) is 5.03. The van der Waals surface area contributed by atoms with Gasteiger partial charge in [-0.25, -0.2) is 0 Å². The summed E-state index contributed by atoms with van der Waals surface area (Å²) in [4.78, 5) is 12.9. The van der Waals surface area contributed by atoms with Gasteiger partial charge in [-0.15, -0.1) is 0 Å². The summed E-state index contributed by atoms with van der Waals surface area (Å²) >= 11 is 0. The highest BCUT2D eigenvalue weighted by Crippen LogP contribution is 2.34. The lowest BCUT2D eigenvalue weighted by atomic mass is 9.85. The minimum Gasteiger partial charge on any atom is -0.497 e. The van der Waals surface area contributed by atoms with Gasteiger partial charge >= 0.3 is 0 Å². The number of nitrogens with zero attached hydrogens (tertiary/aromatic N) is 1. The molecule has 1 aromatic heterocycles. The third kappa shape index (κ3) is 3.44. The molecule has 3 heteroatoms. The Morgan fingerprint density at radius 3 is 2.17 bits per heavy atom. The number of methoxy groups -OCH3 is 1. The van der Waals surface area contributed by atoms with Crippen molar-refractivity contribution in [3.05, 3.63) is 94.6 Å². The number of rotatable bonds is 3. The summed E-state index contributed by atoms with van der Waals surface area (Å²) in [5, 5.41) is 0.716. The van der Waals surface area contributed by atoms with Crippen molar-refractivity contribution in [3.8, 4) is 22.7 Å². The Morgan fingerprint density at radius 1 is 0.828 bits per heavy atom. The molecule has 146 valence electrons. The van der Waals surface area contributed by atoms with Gasteiger partial charge in [0.1, 0.15) is 5.75 Å². The van der Waals surface area contributed by atoms with Crippen LogP contribution in [-0.4, -0.2) is 11.7 Å².